The Balaban J connectivity index is 1.73. The van der Waals surface area contributed by atoms with Crippen molar-refractivity contribution in [3.05, 3.63) is 80.0 Å². The molecule has 1 aliphatic heterocycles. The third-order valence-corrected chi connectivity index (χ3v) is 7.40. The van der Waals surface area contributed by atoms with Crippen molar-refractivity contribution >= 4 is 17.2 Å². The number of hydrogen-bond donors (Lipinski definition) is 0. The van der Waals surface area contributed by atoms with Gasteiger partial charge in [0.15, 0.2) is 0 Å². The Kier molecular flexibility index (Phi) is 6.38. The van der Waals surface area contributed by atoms with Gasteiger partial charge in [-0.05, 0) is 65.9 Å². The topological polar surface area (TPSA) is 69.1 Å². The summed E-state index contributed by atoms with van der Waals surface area (Å²) in [6, 6.07) is 10.5. The lowest BCUT2D eigenvalue weighted by Gasteiger charge is -2.34. The van der Waals surface area contributed by atoms with Crippen LogP contribution in [0.15, 0.2) is 47.6 Å². The largest absolute Gasteiger partial charge is 0.417 e. The van der Waals surface area contributed by atoms with Gasteiger partial charge in [0, 0.05) is 25.8 Å². The molecule has 0 saturated carbocycles. The van der Waals surface area contributed by atoms with Gasteiger partial charge in [-0.3, -0.25) is 4.79 Å². The number of likely N-dealkylation sites (tertiary alicyclic amines) is 1. The van der Waals surface area contributed by atoms with Crippen LogP contribution in [0.4, 0.5) is 17.6 Å². The number of nitrogens with zero attached hydrogens (tertiary/aromatic N) is 4. The Morgan fingerprint density at radius 3 is 2.35 bits per heavy atom. The third kappa shape index (κ3) is 4.51. The maximum absolute atomic E-state index is 13.9. The van der Waals surface area contributed by atoms with E-state index in [9.17, 15) is 22.4 Å². The van der Waals surface area contributed by atoms with E-state index in [2.05, 4.69) is 10.0 Å². The highest BCUT2D eigenvalue weighted by Gasteiger charge is 2.35. The molecule has 4 rings (SSSR count). The van der Waals surface area contributed by atoms with Crippen molar-refractivity contribution in [1.29, 1.82) is 0 Å². The van der Waals surface area contributed by atoms with Crippen LogP contribution in [0.5, 0.6) is 0 Å². The predicted octanol–water partition coefficient (Wildman–Crippen LogP) is 7.32. The number of thiophene rings is 1. The minimum Gasteiger partial charge on any atom is -0.333 e. The molecule has 0 atom stereocenters. The monoisotopic (exact) mass is 488 g/mol. The van der Waals surface area contributed by atoms with Crippen molar-refractivity contribution < 1.29 is 22.4 Å². The SMILES string of the molecule is Cc1c(CN=[N+]=[N-])sc(-c2cc(-c3ccc(C(=O)N4CC(F)C4)cc3)ccc2C(F)(F)F)c1C. The van der Waals surface area contributed by atoms with Crippen molar-refractivity contribution in [2.45, 2.75) is 32.7 Å². The van der Waals surface area contributed by atoms with Crippen molar-refractivity contribution in [3.63, 3.8) is 0 Å². The van der Waals surface area contributed by atoms with Crippen LogP contribution in [-0.4, -0.2) is 30.1 Å². The van der Waals surface area contributed by atoms with Gasteiger partial charge in [-0.15, -0.1) is 11.3 Å². The second-order valence-corrected chi connectivity index (χ2v) is 9.24. The fraction of sp³-hybridized carbons (Fsp3) is 0.292. The summed E-state index contributed by atoms with van der Waals surface area (Å²) in [7, 11) is 0. The molecule has 10 heteroatoms. The number of halogens is 4. The molecule has 3 aromatic rings. The van der Waals surface area contributed by atoms with Crippen LogP contribution < -0.4 is 0 Å². The molecule has 1 aliphatic rings. The first-order valence-corrected chi connectivity index (χ1v) is 11.3. The summed E-state index contributed by atoms with van der Waals surface area (Å²) < 4.78 is 54.6. The van der Waals surface area contributed by atoms with Crippen LogP contribution in [0.1, 0.15) is 31.9 Å². The number of carbonyl (C=O) groups is 1. The van der Waals surface area contributed by atoms with Crippen molar-refractivity contribution in [2.24, 2.45) is 5.11 Å². The van der Waals surface area contributed by atoms with Gasteiger partial charge in [0.25, 0.3) is 5.91 Å². The van der Waals surface area contributed by atoms with Crippen LogP contribution in [0.25, 0.3) is 32.0 Å². The summed E-state index contributed by atoms with van der Waals surface area (Å²) >= 11 is 1.19. The molecule has 0 aliphatic carbocycles. The highest BCUT2D eigenvalue weighted by molar-refractivity contribution is 7.16. The molecule has 1 amide bonds. The minimum atomic E-state index is -4.55. The van der Waals surface area contributed by atoms with Crippen LogP contribution >= 0.6 is 11.3 Å². The van der Waals surface area contributed by atoms with E-state index >= 15 is 0 Å². The number of azide groups is 1. The zero-order valence-electron chi connectivity index (χ0n) is 18.4. The Hall–Kier alpha value is -3.36. The molecular formula is C24H20F4N4OS. The molecule has 2 heterocycles. The molecule has 176 valence electrons. The molecule has 0 N–H and O–H groups in total. The molecule has 0 bridgehead atoms. The molecule has 2 aromatic carbocycles. The van der Waals surface area contributed by atoms with Crippen molar-refractivity contribution in [1.82, 2.24) is 4.90 Å². The van der Waals surface area contributed by atoms with Gasteiger partial charge in [0.1, 0.15) is 6.17 Å². The Bertz CT molecular complexity index is 1290. The molecule has 34 heavy (non-hydrogen) atoms. The molecule has 1 saturated heterocycles. The smallest absolute Gasteiger partial charge is 0.333 e. The average molecular weight is 489 g/mol. The van der Waals surface area contributed by atoms with E-state index in [0.717, 1.165) is 11.6 Å². The second kappa shape index (κ2) is 9.12. The zero-order valence-corrected chi connectivity index (χ0v) is 19.2. The number of hydrogen-bond acceptors (Lipinski definition) is 3. The van der Waals surface area contributed by atoms with E-state index in [-0.39, 0.29) is 31.1 Å². The van der Waals surface area contributed by atoms with Crippen LogP contribution in [0.3, 0.4) is 0 Å². The van der Waals surface area contributed by atoms with Crippen LogP contribution in [-0.2, 0) is 12.7 Å². The van der Waals surface area contributed by atoms with E-state index in [1.54, 1.807) is 38.1 Å². The summed E-state index contributed by atoms with van der Waals surface area (Å²) in [6.07, 6.45) is -5.55. The Labute approximate surface area is 197 Å². The summed E-state index contributed by atoms with van der Waals surface area (Å²) in [5, 5.41) is 3.55. The lowest BCUT2D eigenvalue weighted by molar-refractivity contribution is -0.137. The lowest BCUT2D eigenvalue weighted by Crippen LogP contribution is -2.51. The maximum atomic E-state index is 13.9. The first kappa shape index (κ1) is 23.8. The first-order valence-electron chi connectivity index (χ1n) is 10.4. The molecular weight excluding hydrogens is 468 g/mol. The van der Waals surface area contributed by atoms with Gasteiger partial charge in [-0.1, -0.05) is 23.3 Å². The molecule has 0 spiro atoms. The van der Waals surface area contributed by atoms with Crippen LogP contribution in [0, 0.1) is 13.8 Å². The maximum Gasteiger partial charge on any atom is 0.417 e. The van der Waals surface area contributed by atoms with Crippen molar-refractivity contribution in [3.8, 4) is 21.6 Å². The van der Waals surface area contributed by atoms with Crippen molar-refractivity contribution in [2.75, 3.05) is 13.1 Å². The van der Waals surface area contributed by atoms with E-state index in [4.69, 9.17) is 5.53 Å². The molecule has 1 aromatic heterocycles. The van der Waals surface area contributed by atoms with Gasteiger partial charge in [0.05, 0.1) is 25.2 Å². The fourth-order valence-corrected chi connectivity index (χ4v) is 5.16. The number of amides is 1. The number of benzene rings is 2. The predicted molar refractivity (Wildman–Crippen MR) is 123 cm³/mol. The second-order valence-electron chi connectivity index (χ2n) is 8.14. The Morgan fingerprint density at radius 2 is 1.76 bits per heavy atom. The highest BCUT2D eigenvalue weighted by atomic mass is 32.1. The summed E-state index contributed by atoms with van der Waals surface area (Å²) in [5.41, 5.74) is 11.0. The quantitative estimate of drug-likeness (QED) is 0.161. The molecule has 1 fully saturated rings. The summed E-state index contributed by atoms with van der Waals surface area (Å²) in [6.45, 7) is 3.78. The fourth-order valence-electron chi connectivity index (χ4n) is 3.90. The van der Waals surface area contributed by atoms with Gasteiger partial charge >= 0.3 is 6.18 Å². The van der Waals surface area contributed by atoms with E-state index in [0.29, 0.717) is 32.0 Å². The van der Waals surface area contributed by atoms with Gasteiger partial charge in [-0.25, -0.2) is 4.39 Å². The third-order valence-electron chi connectivity index (χ3n) is 5.98. The van der Waals surface area contributed by atoms with E-state index in [1.807, 2.05) is 0 Å². The summed E-state index contributed by atoms with van der Waals surface area (Å²) in [5.74, 6) is -0.272. The van der Waals surface area contributed by atoms with Gasteiger partial charge in [-0.2, -0.15) is 13.2 Å². The minimum absolute atomic E-state index is 0.0532. The standard InChI is InChI=1S/C24H20F4N4OS/c1-13-14(2)22(34-21(13)10-30-31-29)19-9-17(7-8-20(19)24(26,27)28)15-3-5-16(6-4-15)23(33)32-11-18(25)12-32/h3-9,18H,10-12H2,1-2H3. The highest BCUT2D eigenvalue weighted by Crippen LogP contribution is 2.44. The van der Waals surface area contributed by atoms with E-state index in [1.165, 1.54) is 28.4 Å². The molecule has 0 unspecified atom stereocenters. The Morgan fingerprint density at radius 1 is 1.12 bits per heavy atom. The number of carbonyl (C=O) groups excluding carboxylic acids is 1. The van der Waals surface area contributed by atoms with E-state index < -0.39 is 17.9 Å². The zero-order chi connectivity index (χ0) is 24.6. The molecule has 0 radical (unpaired) electrons. The van der Waals surface area contributed by atoms with Crippen LogP contribution in [0.2, 0.25) is 0 Å². The lowest BCUT2D eigenvalue weighted by atomic mass is 9.95. The number of rotatable bonds is 5. The average Bonchev–Trinajstić information content (AvgIpc) is 3.08. The van der Waals surface area contributed by atoms with Gasteiger partial charge < -0.3 is 4.90 Å². The van der Waals surface area contributed by atoms with Gasteiger partial charge in [0.2, 0.25) is 0 Å². The first-order chi connectivity index (χ1) is 16.1. The molecule has 5 nitrogen and oxygen atoms in total. The normalized spacial score (nSPS) is 14.0. The summed E-state index contributed by atoms with van der Waals surface area (Å²) in [4.78, 5) is 17.7. The number of alkyl halides is 4.